The number of alkyl carbamates (subject to hydrolysis) is 1. The molecule has 0 aliphatic carbocycles. The zero-order valence-electron chi connectivity index (χ0n) is 18.8. The van der Waals surface area contributed by atoms with E-state index in [4.69, 9.17) is 14.6 Å². The standard InChI is InChI=1S/C22H30N2O9/c1-22(2,3)33-18(27)12-10-15(19(28)23-16(20(29)30)9-11-17(25)26)24-21(31)32-13-14-7-5-4-6-8-14/h4-8,15-16H,9-13H2,1-3H3,(H,23,28)(H,24,31)(H,25,26)(H,29,30)/t15?,16-/m0/s1. The molecule has 1 aromatic carbocycles. The van der Waals surface area contributed by atoms with Crippen molar-refractivity contribution in [3.8, 4) is 0 Å². The van der Waals surface area contributed by atoms with E-state index in [2.05, 4.69) is 10.6 Å². The minimum Gasteiger partial charge on any atom is -0.481 e. The highest BCUT2D eigenvalue weighted by Crippen LogP contribution is 2.11. The summed E-state index contributed by atoms with van der Waals surface area (Å²) in [7, 11) is 0. The number of ether oxygens (including phenoxy) is 2. The van der Waals surface area contributed by atoms with E-state index >= 15 is 0 Å². The fourth-order valence-corrected chi connectivity index (χ4v) is 2.63. The largest absolute Gasteiger partial charge is 0.481 e. The zero-order valence-corrected chi connectivity index (χ0v) is 18.8. The van der Waals surface area contributed by atoms with Crippen LogP contribution in [0.2, 0.25) is 0 Å². The van der Waals surface area contributed by atoms with Gasteiger partial charge in [0.15, 0.2) is 0 Å². The number of carboxylic acids is 2. The van der Waals surface area contributed by atoms with Crippen molar-refractivity contribution in [2.24, 2.45) is 0 Å². The predicted octanol–water partition coefficient (Wildman–Crippen LogP) is 1.84. The highest BCUT2D eigenvalue weighted by molar-refractivity contribution is 5.89. The second kappa shape index (κ2) is 13.0. The van der Waals surface area contributed by atoms with E-state index in [0.29, 0.717) is 5.56 Å². The zero-order chi connectivity index (χ0) is 25.0. The number of amides is 2. The van der Waals surface area contributed by atoms with Gasteiger partial charge in [-0.15, -0.1) is 0 Å². The molecule has 1 aromatic rings. The number of nitrogens with one attached hydrogen (secondary N) is 2. The third-order valence-electron chi connectivity index (χ3n) is 4.14. The molecule has 1 unspecified atom stereocenters. The van der Waals surface area contributed by atoms with Gasteiger partial charge in [0.1, 0.15) is 24.3 Å². The van der Waals surface area contributed by atoms with Crippen LogP contribution in [0.4, 0.5) is 4.79 Å². The van der Waals surface area contributed by atoms with Gasteiger partial charge in [-0.25, -0.2) is 9.59 Å². The van der Waals surface area contributed by atoms with Crippen molar-refractivity contribution < 1.29 is 43.7 Å². The number of hydrogen-bond acceptors (Lipinski definition) is 7. The second-order valence-corrected chi connectivity index (χ2v) is 8.22. The number of rotatable bonds is 12. The van der Waals surface area contributed by atoms with Crippen LogP contribution in [0.3, 0.4) is 0 Å². The average molecular weight is 466 g/mol. The second-order valence-electron chi connectivity index (χ2n) is 8.22. The van der Waals surface area contributed by atoms with Gasteiger partial charge in [0, 0.05) is 12.8 Å². The van der Waals surface area contributed by atoms with Crippen molar-refractivity contribution in [3.05, 3.63) is 35.9 Å². The first kappa shape index (κ1) is 27.4. The van der Waals surface area contributed by atoms with Gasteiger partial charge >= 0.3 is 24.0 Å². The SMILES string of the molecule is CC(C)(C)OC(=O)CCC(NC(=O)OCc1ccccc1)C(=O)N[C@@H](CCC(=O)O)C(=O)O. The Morgan fingerprint density at radius 3 is 2.06 bits per heavy atom. The minimum absolute atomic E-state index is 0.0660. The molecule has 0 heterocycles. The smallest absolute Gasteiger partial charge is 0.408 e. The van der Waals surface area contributed by atoms with Gasteiger partial charge < -0.3 is 30.3 Å². The van der Waals surface area contributed by atoms with Crippen LogP contribution in [0, 0.1) is 0 Å². The van der Waals surface area contributed by atoms with Crippen LogP contribution < -0.4 is 10.6 Å². The van der Waals surface area contributed by atoms with Crippen molar-refractivity contribution in [2.75, 3.05) is 0 Å². The van der Waals surface area contributed by atoms with Gasteiger partial charge in [0.2, 0.25) is 5.91 Å². The molecule has 0 bridgehead atoms. The molecule has 0 saturated carbocycles. The number of carbonyl (C=O) groups excluding carboxylic acids is 3. The van der Waals surface area contributed by atoms with Crippen molar-refractivity contribution in [3.63, 3.8) is 0 Å². The van der Waals surface area contributed by atoms with Gasteiger partial charge in [-0.1, -0.05) is 30.3 Å². The lowest BCUT2D eigenvalue weighted by Gasteiger charge is -2.22. The molecule has 0 radical (unpaired) electrons. The van der Waals surface area contributed by atoms with E-state index in [1.165, 1.54) is 0 Å². The lowest BCUT2D eigenvalue weighted by molar-refractivity contribution is -0.155. The molecule has 4 N–H and O–H groups in total. The quantitative estimate of drug-likeness (QED) is 0.336. The molecule has 1 rings (SSSR count). The number of carboxylic acid groups (broad SMARTS) is 2. The maximum atomic E-state index is 12.7. The summed E-state index contributed by atoms with van der Waals surface area (Å²) in [6, 6.07) is 5.99. The third-order valence-corrected chi connectivity index (χ3v) is 4.14. The van der Waals surface area contributed by atoms with Crippen LogP contribution in [0.1, 0.15) is 52.0 Å². The van der Waals surface area contributed by atoms with E-state index in [0.717, 1.165) is 0 Å². The van der Waals surface area contributed by atoms with E-state index in [1.54, 1.807) is 51.1 Å². The Hall–Kier alpha value is -3.63. The number of esters is 1. The fourth-order valence-electron chi connectivity index (χ4n) is 2.63. The maximum Gasteiger partial charge on any atom is 0.408 e. The number of aliphatic carboxylic acids is 2. The molecule has 2 atom stereocenters. The summed E-state index contributed by atoms with van der Waals surface area (Å²) in [4.78, 5) is 59.0. The molecule has 2 amide bonds. The monoisotopic (exact) mass is 466 g/mol. The molecule has 182 valence electrons. The Balaban J connectivity index is 2.82. The highest BCUT2D eigenvalue weighted by Gasteiger charge is 2.28. The Bertz CT molecular complexity index is 834. The molecule has 33 heavy (non-hydrogen) atoms. The van der Waals surface area contributed by atoms with Crippen LogP contribution in [0.5, 0.6) is 0 Å². The van der Waals surface area contributed by atoms with Crippen LogP contribution in [0.15, 0.2) is 30.3 Å². The molecular formula is C22H30N2O9. The number of carbonyl (C=O) groups is 5. The molecule has 0 spiro atoms. The van der Waals surface area contributed by atoms with E-state index in [9.17, 15) is 29.1 Å². The van der Waals surface area contributed by atoms with Crippen molar-refractivity contribution in [1.29, 1.82) is 0 Å². The summed E-state index contributed by atoms with van der Waals surface area (Å²) >= 11 is 0. The predicted molar refractivity (Wildman–Crippen MR) is 115 cm³/mol. The maximum absolute atomic E-state index is 12.7. The Morgan fingerprint density at radius 2 is 1.52 bits per heavy atom. The summed E-state index contributed by atoms with van der Waals surface area (Å²) in [6.07, 6.45) is -2.20. The van der Waals surface area contributed by atoms with Crippen LogP contribution in [-0.4, -0.2) is 57.8 Å². The molecule has 11 nitrogen and oxygen atoms in total. The van der Waals surface area contributed by atoms with Gasteiger partial charge in [0.05, 0.1) is 0 Å². The molecule has 0 aliphatic rings. The molecule has 0 fully saturated rings. The molecular weight excluding hydrogens is 436 g/mol. The minimum atomic E-state index is -1.49. The topological polar surface area (TPSA) is 168 Å². The Labute approximate surface area is 191 Å². The summed E-state index contributed by atoms with van der Waals surface area (Å²) in [5.74, 6) is -4.16. The van der Waals surface area contributed by atoms with Crippen molar-refractivity contribution >= 4 is 29.9 Å². The molecule has 0 aliphatic heterocycles. The first-order valence-electron chi connectivity index (χ1n) is 10.3. The van der Waals surface area contributed by atoms with Gasteiger partial charge in [-0.05, 0) is 39.2 Å². The van der Waals surface area contributed by atoms with Crippen molar-refractivity contribution in [2.45, 2.75) is 70.7 Å². The van der Waals surface area contributed by atoms with Gasteiger partial charge in [0.25, 0.3) is 0 Å². The summed E-state index contributed by atoms with van der Waals surface area (Å²) in [6.45, 7) is 4.96. The normalized spacial score (nSPS) is 12.7. The average Bonchev–Trinajstić information content (AvgIpc) is 2.71. The Kier molecular flexibility index (Phi) is 10.8. The Morgan fingerprint density at radius 1 is 0.909 bits per heavy atom. The van der Waals surface area contributed by atoms with Crippen LogP contribution >= 0.6 is 0 Å². The summed E-state index contributed by atoms with van der Waals surface area (Å²) in [5, 5.41) is 22.6. The van der Waals surface area contributed by atoms with Crippen LogP contribution in [0.25, 0.3) is 0 Å². The summed E-state index contributed by atoms with van der Waals surface area (Å²) in [5.41, 5.74) is -0.0377. The molecule has 0 aromatic heterocycles. The number of hydrogen-bond donors (Lipinski definition) is 4. The van der Waals surface area contributed by atoms with E-state index in [-0.39, 0.29) is 25.9 Å². The van der Waals surface area contributed by atoms with Crippen molar-refractivity contribution in [1.82, 2.24) is 10.6 Å². The lowest BCUT2D eigenvalue weighted by atomic mass is 10.1. The van der Waals surface area contributed by atoms with E-state index < -0.39 is 54.0 Å². The van der Waals surface area contributed by atoms with Crippen LogP contribution in [-0.2, 0) is 35.3 Å². The fraction of sp³-hybridized carbons (Fsp3) is 0.500. The summed E-state index contributed by atoms with van der Waals surface area (Å²) < 4.78 is 10.3. The first-order valence-corrected chi connectivity index (χ1v) is 10.3. The highest BCUT2D eigenvalue weighted by atomic mass is 16.6. The lowest BCUT2D eigenvalue weighted by Crippen LogP contribution is -2.52. The van der Waals surface area contributed by atoms with Gasteiger partial charge in [-0.3, -0.25) is 14.4 Å². The van der Waals surface area contributed by atoms with Gasteiger partial charge in [-0.2, -0.15) is 0 Å². The molecule has 0 saturated heterocycles. The molecule has 11 heteroatoms. The number of benzene rings is 1. The third kappa shape index (κ3) is 12.1. The van der Waals surface area contributed by atoms with E-state index in [1.807, 2.05) is 0 Å². The first-order chi connectivity index (χ1) is 15.4.